The number of amides is 3. The quantitative estimate of drug-likeness (QED) is 0.0316. The van der Waals surface area contributed by atoms with E-state index in [9.17, 15) is 33.6 Å². The van der Waals surface area contributed by atoms with Crippen molar-refractivity contribution >= 4 is 41.6 Å². The maximum atomic E-state index is 14.1. The van der Waals surface area contributed by atoms with Crippen molar-refractivity contribution in [2.75, 3.05) is 106 Å². The third-order valence-electron chi connectivity index (χ3n) is 19.2. The molecule has 4 unspecified atom stereocenters. The average Bonchev–Trinajstić information content (AvgIpc) is 0.831. The Morgan fingerprint density at radius 2 is 0.505 bits per heavy atom. The highest BCUT2D eigenvalue weighted by molar-refractivity contribution is 6.04. The van der Waals surface area contributed by atoms with Gasteiger partial charge in [-0.15, -0.1) is 0 Å². The van der Waals surface area contributed by atoms with Crippen molar-refractivity contribution in [2.45, 2.75) is 308 Å². The topological polar surface area (TPSA) is 202 Å². The summed E-state index contributed by atoms with van der Waals surface area (Å²) in [6.07, 6.45) is 33.0. The molecule has 0 bridgehead atoms. The van der Waals surface area contributed by atoms with Crippen molar-refractivity contribution in [3.05, 3.63) is 34.9 Å². The summed E-state index contributed by atoms with van der Waals surface area (Å²) in [6.45, 7) is 35.6. The fourth-order valence-corrected chi connectivity index (χ4v) is 12.8. The largest absolute Gasteiger partial charge is 0.466 e. The van der Waals surface area contributed by atoms with Crippen LogP contribution in [0.15, 0.2) is 18.2 Å². The standard InChI is InChI=1S/C84H154N6O11/c1-67(2)38-31-42-71(9)60-78(91)98-56-27-19-15-23-50-89(51-24-16-20-28-57-99-79(92)61-72(10)43-32-39-68(3)4)54-36-47-86-83(96)76-64-75(82(95)85-46-35-49-88(13)14)65-77(66-76)84(97)87-48-37-55-90(52-25-17-21-29-58-100-80(93)62-73(11)44-33-40-69(5)6)53-26-18-22-30-59-101-81(94)63-74(12)45-34-41-70(7)8/h64-74H,15-63H2,1-14H3,(H,85,95)(H,86,96)(H,87,97). The molecule has 0 aliphatic heterocycles. The maximum Gasteiger partial charge on any atom is 0.306 e. The fourth-order valence-electron chi connectivity index (χ4n) is 12.8. The first-order valence-corrected chi connectivity index (χ1v) is 41.0. The molecule has 17 nitrogen and oxygen atoms in total. The lowest BCUT2D eigenvalue weighted by Gasteiger charge is -2.22. The molecule has 3 N–H and O–H groups in total. The lowest BCUT2D eigenvalue weighted by Crippen LogP contribution is -2.33. The smallest absolute Gasteiger partial charge is 0.306 e. The first kappa shape index (κ1) is 94.4. The summed E-state index contributed by atoms with van der Waals surface area (Å²) in [4.78, 5) is 98.9. The van der Waals surface area contributed by atoms with E-state index in [0.29, 0.717) is 132 Å². The van der Waals surface area contributed by atoms with Crippen molar-refractivity contribution in [3.63, 3.8) is 0 Å². The highest BCUT2D eigenvalue weighted by atomic mass is 16.5. The molecule has 1 rings (SSSR count). The third kappa shape index (κ3) is 57.4. The zero-order chi connectivity index (χ0) is 74.8. The predicted molar refractivity (Wildman–Crippen MR) is 416 cm³/mol. The van der Waals surface area contributed by atoms with Crippen molar-refractivity contribution in [3.8, 4) is 0 Å². The maximum absolute atomic E-state index is 14.1. The second-order valence-electron chi connectivity index (χ2n) is 32.2. The normalized spacial score (nSPS) is 13.0. The Morgan fingerprint density at radius 1 is 0.287 bits per heavy atom. The van der Waals surface area contributed by atoms with Gasteiger partial charge >= 0.3 is 23.9 Å². The Kier molecular flexibility index (Phi) is 57.6. The molecule has 0 radical (unpaired) electrons. The summed E-state index contributed by atoms with van der Waals surface area (Å²) < 4.78 is 22.5. The van der Waals surface area contributed by atoms with Gasteiger partial charge in [0.2, 0.25) is 0 Å². The summed E-state index contributed by atoms with van der Waals surface area (Å²) in [6, 6.07) is 4.75. The molecule has 0 heterocycles. The molecule has 586 valence electrons. The minimum absolute atomic E-state index is 0.0958. The van der Waals surface area contributed by atoms with Crippen LogP contribution in [0.3, 0.4) is 0 Å². The third-order valence-corrected chi connectivity index (χ3v) is 19.2. The van der Waals surface area contributed by atoms with E-state index in [0.717, 1.165) is 206 Å². The zero-order valence-corrected chi connectivity index (χ0v) is 67.3. The first-order valence-electron chi connectivity index (χ1n) is 41.0. The molecule has 101 heavy (non-hydrogen) atoms. The van der Waals surface area contributed by atoms with Gasteiger partial charge in [-0.1, -0.05) is 212 Å². The van der Waals surface area contributed by atoms with E-state index >= 15 is 0 Å². The van der Waals surface area contributed by atoms with E-state index in [1.165, 1.54) is 25.7 Å². The molecule has 17 heteroatoms. The summed E-state index contributed by atoms with van der Waals surface area (Å²) in [7, 11) is 3.97. The molecule has 3 amide bonds. The predicted octanol–water partition coefficient (Wildman–Crippen LogP) is 18.0. The van der Waals surface area contributed by atoms with Gasteiger partial charge < -0.3 is 49.6 Å². The van der Waals surface area contributed by atoms with Crippen LogP contribution < -0.4 is 16.0 Å². The van der Waals surface area contributed by atoms with Gasteiger partial charge in [-0.25, -0.2) is 0 Å². The number of hydrogen-bond donors (Lipinski definition) is 3. The first-order chi connectivity index (χ1) is 48.3. The van der Waals surface area contributed by atoms with Crippen LogP contribution in [-0.2, 0) is 38.1 Å². The Bertz CT molecular complexity index is 2060. The van der Waals surface area contributed by atoms with Gasteiger partial charge in [0.25, 0.3) is 17.7 Å². The highest BCUT2D eigenvalue weighted by Gasteiger charge is 2.20. The average molecular weight is 1420 g/mol. The Hall–Kier alpha value is -4.61. The number of benzene rings is 1. The number of carbonyl (C=O) groups is 7. The van der Waals surface area contributed by atoms with Crippen LogP contribution in [0.4, 0.5) is 0 Å². The van der Waals surface area contributed by atoms with Crippen molar-refractivity contribution in [1.29, 1.82) is 0 Å². The summed E-state index contributed by atoms with van der Waals surface area (Å²) in [5.41, 5.74) is 0.762. The molecule has 0 aliphatic rings. The van der Waals surface area contributed by atoms with Crippen LogP contribution in [0.25, 0.3) is 0 Å². The molecule has 4 atom stereocenters. The molecule has 0 fully saturated rings. The van der Waals surface area contributed by atoms with E-state index in [1.807, 2.05) is 14.1 Å². The summed E-state index contributed by atoms with van der Waals surface area (Å²) >= 11 is 0. The summed E-state index contributed by atoms with van der Waals surface area (Å²) in [5.74, 6) is 2.63. The number of nitrogens with one attached hydrogen (secondary N) is 3. The van der Waals surface area contributed by atoms with Crippen molar-refractivity contribution < 1.29 is 52.5 Å². The SMILES string of the molecule is CC(C)CCCC(C)CC(=O)OCCCCCCN(CCCCCCOC(=O)CC(C)CCCC(C)C)CCCNC(=O)c1cc(C(=O)NCCCN(C)C)cc(C(=O)NCCCN(CCCCCCOC(=O)CC(C)CCCC(C)C)CCCCCCOC(=O)CC(C)CCCC(C)C)c1. The monoisotopic (exact) mass is 1420 g/mol. The van der Waals surface area contributed by atoms with Gasteiger partial charge in [0, 0.05) is 62.0 Å². The number of esters is 4. The molecule has 0 aromatic heterocycles. The molecule has 0 saturated heterocycles. The van der Waals surface area contributed by atoms with E-state index in [2.05, 4.69) is 114 Å². The van der Waals surface area contributed by atoms with Crippen LogP contribution in [0.1, 0.15) is 339 Å². The van der Waals surface area contributed by atoms with Crippen LogP contribution in [0.2, 0.25) is 0 Å². The van der Waals surface area contributed by atoms with E-state index < -0.39 is 0 Å². The van der Waals surface area contributed by atoms with E-state index in [1.54, 1.807) is 18.2 Å². The minimum atomic E-state index is -0.344. The zero-order valence-electron chi connectivity index (χ0n) is 67.3. The van der Waals surface area contributed by atoms with Gasteiger partial charge in [0.1, 0.15) is 0 Å². The van der Waals surface area contributed by atoms with Crippen LogP contribution in [0.5, 0.6) is 0 Å². The van der Waals surface area contributed by atoms with Gasteiger partial charge in [0.05, 0.1) is 26.4 Å². The van der Waals surface area contributed by atoms with Gasteiger partial charge in [0.15, 0.2) is 0 Å². The van der Waals surface area contributed by atoms with Crippen LogP contribution in [-0.4, -0.2) is 162 Å². The highest BCUT2D eigenvalue weighted by Crippen LogP contribution is 2.21. The van der Waals surface area contributed by atoms with Gasteiger partial charge in [-0.2, -0.15) is 0 Å². The molecular formula is C84H154N6O11. The number of ether oxygens (including phenoxy) is 4. The molecular weight excluding hydrogens is 1270 g/mol. The molecule has 1 aromatic carbocycles. The lowest BCUT2D eigenvalue weighted by molar-refractivity contribution is -0.145. The molecule has 0 spiro atoms. The number of hydrogen-bond acceptors (Lipinski definition) is 14. The minimum Gasteiger partial charge on any atom is -0.466 e. The van der Waals surface area contributed by atoms with Crippen molar-refractivity contribution in [1.82, 2.24) is 30.7 Å². The van der Waals surface area contributed by atoms with E-state index in [-0.39, 0.29) is 58.3 Å². The fraction of sp³-hybridized carbons (Fsp3) is 0.845. The Morgan fingerprint density at radius 3 is 0.733 bits per heavy atom. The lowest BCUT2D eigenvalue weighted by atomic mass is 9.97. The Labute approximate surface area is 617 Å². The van der Waals surface area contributed by atoms with Gasteiger partial charge in [-0.05, 0) is 196 Å². The second-order valence-corrected chi connectivity index (χ2v) is 32.2. The molecule has 1 aromatic rings. The van der Waals surface area contributed by atoms with E-state index in [4.69, 9.17) is 18.9 Å². The number of rotatable bonds is 67. The molecule has 0 aliphatic carbocycles. The Balaban J connectivity index is 3.03. The number of unbranched alkanes of at least 4 members (excludes halogenated alkanes) is 12. The van der Waals surface area contributed by atoms with Crippen LogP contribution in [0, 0.1) is 47.3 Å². The van der Waals surface area contributed by atoms with Crippen molar-refractivity contribution in [2.24, 2.45) is 47.3 Å². The van der Waals surface area contributed by atoms with Crippen LogP contribution >= 0.6 is 0 Å². The summed E-state index contributed by atoms with van der Waals surface area (Å²) in [5, 5.41) is 9.20. The van der Waals surface area contributed by atoms with Gasteiger partial charge in [-0.3, -0.25) is 33.6 Å². The number of nitrogens with zero attached hydrogens (tertiary/aromatic N) is 3. The second kappa shape index (κ2) is 61.7. The molecule has 0 saturated carbocycles. The number of carbonyl (C=O) groups excluding carboxylic acids is 7.